The summed E-state index contributed by atoms with van der Waals surface area (Å²) < 4.78 is 5.86. The Morgan fingerprint density at radius 1 is 1.21 bits per heavy atom. The van der Waals surface area contributed by atoms with Crippen LogP contribution in [0.2, 0.25) is 0 Å². The zero-order chi connectivity index (χ0) is 12.8. The van der Waals surface area contributed by atoms with E-state index in [-0.39, 0.29) is 0 Å². The lowest BCUT2D eigenvalue weighted by Crippen LogP contribution is -1.96. The van der Waals surface area contributed by atoms with E-state index in [0.29, 0.717) is 11.5 Å². The summed E-state index contributed by atoms with van der Waals surface area (Å²) in [4.78, 5) is 5.64. The van der Waals surface area contributed by atoms with Crippen LogP contribution >= 0.6 is 11.8 Å². The van der Waals surface area contributed by atoms with E-state index in [0.717, 1.165) is 28.9 Å². The van der Waals surface area contributed by atoms with Gasteiger partial charge in [-0.2, -0.15) is 4.98 Å². The van der Waals surface area contributed by atoms with E-state index in [1.54, 1.807) is 0 Å². The number of hydrogen-bond donors (Lipinski definition) is 1. The molecule has 3 aromatic rings. The molecule has 0 atom stereocenters. The molecule has 19 heavy (non-hydrogen) atoms. The summed E-state index contributed by atoms with van der Waals surface area (Å²) >= 11 is 1.84. The summed E-state index contributed by atoms with van der Waals surface area (Å²) in [6.07, 6.45) is 1.00. The zero-order valence-electron chi connectivity index (χ0n) is 10.2. The normalized spacial score (nSPS) is 13.9. The van der Waals surface area contributed by atoms with Gasteiger partial charge in [0.25, 0.3) is 0 Å². The van der Waals surface area contributed by atoms with E-state index >= 15 is 0 Å². The summed E-state index contributed by atoms with van der Waals surface area (Å²) in [5.74, 6) is 2.54. The molecule has 2 N–H and O–H groups in total. The monoisotopic (exact) mass is 268 g/mol. The number of rotatable bonds is 1. The van der Waals surface area contributed by atoms with Crippen LogP contribution in [-0.2, 0) is 6.42 Å². The van der Waals surface area contributed by atoms with Crippen LogP contribution in [0.15, 0.2) is 45.7 Å². The van der Waals surface area contributed by atoms with E-state index in [2.05, 4.69) is 11.1 Å². The van der Waals surface area contributed by atoms with Gasteiger partial charge in [0.15, 0.2) is 0 Å². The van der Waals surface area contributed by atoms with Gasteiger partial charge in [0.2, 0.25) is 5.71 Å². The maximum absolute atomic E-state index is 6.00. The summed E-state index contributed by atoms with van der Waals surface area (Å²) in [7, 11) is 0. The van der Waals surface area contributed by atoms with Gasteiger partial charge in [-0.3, -0.25) is 0 Å². The Balaban J connectivity index is 1.98. The van der Waals surface area contributed by atoms with E-state index in [4.69, 9.17) is 10.2 Å². The van der Waals surface area contributed by atoms with Crippen molar-refractivity contribution in [3.05, 3.63) is 42.0 Å². The van der Waals surface area contributed by atoms with Crippen molar-refractivity contribution in [1.29, 1.82) is 0 Å². The number of furan rings is 1. The second-order valence-corrected chi connectivity index (χ2v) is 5.70. The number of nitrogens with zero attached hydrogens (tertiary/aromatic N) is 1. The van der Waals surface area contributed by atoms with Gasteiger partial charge in [-0.15, -0.1) is 11.8 Å². The molecule has 3 nitrogen and oxygen atoms in total. The number of hydrogen-bond acceptors (Lipinski definition) is 4. The van der Waals surface area contributed by atoms with Crippen molar-refractivity contribution in [3.63, 3.8) is 0 Å². The highest BCUT2D eigenvalue weighted by Crippen LogP contribution is 2.41. The first kappa shape index (κ1) is 10.9. The van der Waals surface area contributed by atoms with Crippen molar-refractivity contribution in [3.8, 4) is 11.3 Å². The van der Waals surface area contributed by atoms with Crippen LogP contribution in [0, 0.1) is 0 Å². The highest BCUT2D eigenvalue weighted by Gasteiger charge is 2.21. The van der Waals surface area contributed by atoms with E-state index < -0.39 is 0 Å². The van der Waals surface area contributed by atoms with Crippen molar-refractivity contribution >= 4 is 28.7 Å². The summed E-state index contributed by atoms with van der Waals surface area (Å²) in [5.41, 5.74) is 8.89. The second kappa shape index (κ2) is 4.03. The Labute approximate surface area is 114 Å². The zero-order valence-corrected chi connectivity index (χ0v) is 11.0. The minimum Gasteiger partial charge on any atom is -0.438 e. The number of benzene rings is 1. The number of fused-ring (bicyclic) bond motifs is 3. The molecule has 2 aromatic heterocycles. The van der Waals surface area contributed by atoms with Gasteiger partial charge in [0.1, 0.15) is 11.6 Å². The van der Waals surface area contributed by atoms with Gasteiger partial charge in [0, 0.05) is 21.8 Å². The average molecular weight is 268 g/mol. The molecule has 0 radical (unpaired) electrons. The van der Waals surface area contributed by atoms with Crippen LogP contribution in [0.1, 0.15) is 5.56 Å². The summed E-state index contributed by atoms with van der Waals surface area (Å²) in [5, 5.41) is 1.09. The Morgan fingerprint density at radius 2 is 2.05 bits per heavy atom. The molecule has 1 aromatic carbocycles. The fraction of sp³-hybridized carbons (Fsp3) is 0.133. The van der Waals surface area contributed by atoms with Crippen LogP contribution in [0.3, 0.4) is 0 Å². The number of thioether (sulfide) groups is 1. The standard InChI is InChI=1S/C15H12N2OS/c16-14-10-6-7-19-13(10)11-8-12(18-15(11)17-14)9-4-2-1-3-5-9/h1-5,8H,6-7H2,(H2,16,17). The molecule has 0 saturated heterocycles. The predicted octanol–water partition coefficient (Wildman–Crippen LogP) is 3.73. The Morgan fingerprint density at radius 3 is 2.89 bits per heavy atom. The highest BCUT2D eigenvalue weighted by molar-refractivity contribution is 7.99. The molecule has 1 aliphatic rings. The van der Waals surface area contributed by atoms with Gasteiger partial charge in [-0.05, 0) is 12.5 Å². The lowest BCUT2D eigenvalue weighted by atomic mass is 10.1. The van der Waals surface area contributed by atoms with Crippen LogP contribution in [-0.4, -0.2) is 10.7 Å². The van der Waals surface area contributed by atoms with E-state index in [1.807, 2.05) is 42.1 Å². The van der Waals surface area contributed by atoms with Crippen molar-refractivity contribution in [2.75, 3.05) is 11.5 Å². The molecule has 0 spiro atoms. The van der Waals surface area contributed by atoms with Crippen LogP contribution < -0.4 is 5.73 Å². The third kappa shape index (κ3) is 1.64. The van der Waals surface area contributed by atoms with Gasteiger partial charge in [-0.25, -0.2) is 0 Å². The topological polar surface area (TPSA) is 52.0 Å². The Hall–Kier alpha value is -1.94. The smallest absolute Gasteiger partial charge is 0.229 e. The highest BCUT2D eigenvalue weighted by atomic mass is 32.2. The van der Waals surface area contributed by atoms with Crippen LogP contribution in [0.5, 0.6) is 0 Å². The average Bonchev–Trinajstić information content (AvgIpc) is 3.05. The molecule has 94 valence electrons. The number of nitrogens with two attached hydrogens (primary N) is 1. The van der Waals surface area contributed by atoms with Crippen LogP contribution in [0.4, 0.5) is 5.82 Å². The molecule has 3 heterocycles. The first-order valence-corrected chi connectivity index (χ1v) is 7.21. The Kier molecular flexibility index (Phi) is 2.32. The lowest BCUT2D eigenvalue weighted by molar-refractivity contribution is 0.618. The fourth-order valence-corrected chi connectivity index (χ4v) is 3.68. The molecule has 0 amide bonds. The molecular weight excluding hydrogens is 256 g/mol. The largest absolute Gasteiger partial charge is 0.438 e. The minimum absolute atomic E-state index is 0.612. The van der Waals surface area contributed by atoms with Crippen molar-refractivity contribution in [2.45, 2.75) is 11.3 Å². The number of anilines is 1. The number of aromatic nitrogens is 1. The number of nitrogen functional groups attached to an aromatic ring is 1. The molecule has 0 unspecified atom stereocenters. The maximum Gasteiger partial charge on any atom is 0.229 e. The van der Waals surface area contributed by atoms with Gasteiger partial charge < -0.3 is 10.2 Å². The van der Waals surface area contributed by atoms with E-state index in [9.17, 15) is 0 Å². The van der Waals surface area contributed by atoms with Gasteiger partial charge >= 0.3 is 0 Å². The van der Waals surface area contributed by atoms with Crippen LogP contribution in [0.25, 0.3) is 22.4 Å². The van der Waals surface area contributed by atoms with E-state index in [1.165, 1.54) is 10.5 Å². The fourth-order valence-electron chi connectivity index (χ4n) is 2.49. The quantitative estimate of drug-likeness (QED) is 0.730. The molecule has 0 saturated carbocycles. The SMILES string of the molecule is Nc1nc2oc(-c3ccccc3)cc2c2c1CCS2. The molecule has 4 rings (SSSR count). The Bertz CT molecular complexity index is 765. The third-order valence-electron chi connectivity index (χ3n) is 3.42. The molecule has 0 aliphatic carbocycles. The number of pyridine rings is 1. The predicted molar refractivity (Wildman–Crippen MR) is 78.3 cm³/mol. The second-order valence-electron chi connectivity index (χ2n) is 4.60. The van der Waals surface area contributed by atoms with Crippen molar-refractivity contribution < 1.29 is 4.42 Å². The first-order valence-electron chi connectivity index (χ1n) is 6.23. The van der Waals surface area contributed by atoms with Gasteiger partial charge in [-0.1, -0.05) is 30.3 Å². The summed E-state index contributed by atoms with van der Waals surface area (Å²) in [6.45, 7) is 0. The molecule has 0 fully saturated rings. The first-order chi connectivity index (χ1) is 9.33. The lowest BCUT2D eigenvalue weighted by Gasteiger charge is -2.01. The molecular formula is C15H12N2OS. The molecule has 0 bridgehead atoms. The maximum atomic E-state index is 6.00. The van der Waals surface area contributed by atoms with Crippen molar-refractivity contribution in [2.24, 2.45) is 0 Å². The third-order valence-corrected chi connectivity index (χ3v) is 4.58. The molecule has 1 aliphatic heterocycles. The minimum atomic E-state index is 0.612. The summed E-state index contributed by atoms with van der Waals surface area (Å²) in [6, 6.07) is 12.2. The molecule has 4 heteroatoms. The van der Waals surface area contributed by atoms with Crippen molar-refractivity contribution in [1.82, 2.24) is 4.98 Å². The van der Waals surface area contributed by atoms with Gasteiger partial charge in [0.05, 0.1) is 5.39 Å².